The molecular formula is C57H106N2O6P+. The van der Waals surface area contributed by atoms with Crippen molar-refractivity contribution in [2.75, 3.05) is 40.9 Å². The van der Waals surface area contributed by atoms with E-state index in [-0.39, 0.29) is 19.1 Å². The molecule has 0 saturated heterocycles. The lowest BCUT2D eigenvalue weighted by atomic mass is 10.0. The van der Waals surface area contributed by atoms with Crippen LogP contribution in [-0.4, -0.2) is 73.4 Å². The highest BCUT2D eigenvalue weighted by Gasteiger charge is 2.27. The van der Waals surface area contributed by atoms with Gasteiger partial charge < -0.3 is 19.8 Å². The quantitative estimate of drug-likeness (QED) is 0.0243. The molecule has 1 amide bonds. The van der Waals surface area contributed by atoms with Crippen LogP contribution in [0.2, 0.25) is 0 Å². The number of nitrogens with one attached hydrogen (secondary N) is 1. The number of quaternary nitrogens is 1. The van der Waals surface area contributed by atoms with E-state index in [0.717, 1.165) is 70.6 Å². The largest absolute Gasteiger partial charge is 0.472 e. The molecule has 0 aliphatic rings. The van der Waals surface area contributed by atoms with Crippen molar-refractivity contribution in [3.63, 3.8) is 0 Å². The SMILES string of the molecule is CC/C=C\C/C=C\C/C=C\C/C=C\CCCCCCCCCCC(=O)NC(COP(=O)(O)OCC[N+](C)(C)C)C(O)/C=C/CC/C=C/CCCCCCCCCCCCCCCCCCC. The van der Waals surface area contributed by atoms with Gasteiger partial charge in [-0.15, -0.1) is 0 Å². The number of amides is 1. The van der Waals surface area contributed by atoms with Crippen molar-refractivity contribution in [3.8, 4) is 0 Å². The maximum absolute atomic E-state index is 13.0. The van der Waals surface area contributed by atoms with Crippen molar-refractivity contribution in [1.82, 2.24) is 5.32 Å². The number of hydrogen-bond donors (Lipinski definition) is 3. The standard InChI is InChI=1S/C57H105N2O6P/c1-6-8-10-12-14-16-18-20-22-24-26-28-29-31-32-34-36-38-40-42-44-46-48-50-56(60)55(54-65-66(62,63)64-53-52-59(3,4)5)58-57(61)51-49-47-45-43-41-39-37-35-33-30-27-25-23-21-19-17-15-13-11-9-7-2/h9,11,15,17,21,23,27,30,40,42,48,50,55-56,60H,6-8,10,12-14,16,18-20,22,24-26,28-29,31-39,41,43-47,49,51-54H2,1-5H3,(H-,58,61,62,63)/p+1/b11-9-,17-15-,23-21-,30-27-,42-40+,50-48+. The highest BCUT2D eigenvalue weighted by Crippen LogP contribution is 2.43. The van der Waals surface area contributed by atoms with Crippen molar-refractivity contribution in [1.29, 1.82) is 0 Å². The Labute approximate surface area is 408 Å². The van der Waals surface area contributed by atoms with Gasteiger partial charge in [0.15, 0.2) is 0 Å². The van der Waals surface area contributed by atoms with Crippen LogP contribution in [-0.2, 0) is 18.4 Å². The van der Waals surface area contributed by atoms with Crippen molar-refractivity contribution < 1.29 is 32.9 Å². The van der Waals surface area contributed by atoms with Crippen molar-refractivity contribution >= 4 is 13.7 Å². The van der Waals surface area contributed by atoms with E-state index in [2.05, 4.69) is 79.9 Å². The van der Waals surface area contributed by atoms with Crippen molar-refractivity contribution in [2.45, 2.75) is 244 Å². The fourth-order valence-electron chi connectivity index (χ4n) is 7.64. The normalized spacial score (nSPS) is 14.6. The van der Waals surface area contributed by atoms with Crippen LogP contribution >= 0.6 is 7.82 Å². The lowest BCUT2D eigenvalue weighted by Gasteiger charge is -2.25. The number of allylic oxidation sites excluding steroid dienone is 11. The second kappa shape index (κ2) is 48.0. The molecule has 0 aliphatic carbocycles. The fourth-order valence-corrected chi connectivity index (χ4v) is 8.37. The van der Waals surface area contributed by atoms with Crippen LogP contribution in [0.5, 0.6) is 0 Å². The summed E-state index contributed by atoms with van der Waals surface area (Å²) in [7, 11) is 1.54. The number of aliphatic hydroxyl groups excluding tert-OH is 1. The minimum atomic E-state index is -4.36. The molecule has 0 spiro atoms. The summed E-state index contributed by atoms with van der Waals surface area (Å²) < 4.78 is 23.7. The molecule has 0 bridgehead atoms. The van der Waals surface area contributed by atoms with Crippen molar-refractivity contribution in [3.05, 3.63) is 72.9 Å². The third-order valence-corrected chi connectivity index (χ3v) is 12.9. The molecular weight excluding hydrogens is 840 g/mol. The highest BCUT2D eigenvalue weighted by atomic mass is 31.2. The smallest absolute Gasteiger partial charge is 0.387 e. The van der Waals surface area contributed by atoms with Gasteiger partial charge in [0.2, 0.25) is 5.91 Å². The Balaban J connectivity index is 4.33. The summed E-state index contributed by atoms with van der Waals surface area (Å²) in [6.07, 6.45) is 65.7. The summed E-state index contributed by atoms with van der Waals surface area (Å²) in [6, 6.07) is -0.872. The molecule has 9 heteroatoms. The number of unbranched alkanes of at least 4 members (excludes halogenated alkanes) is 26. The molecule has 3 unspecified atom stereocenters. The first-order valence-corrected chi connectivity index (χ1v) is 28.8. The molecule has 0 aromatic heterocycles. The number of carbonyl (C=O) groups excluding carboxylic acids is 1. The first-order valence-electron chi connectivity index (χ1n) is 27.3. The molecule has 66 heavy (non-hydrogen) atoms. The van der Waals surface area contributed by atoms with E-state index in [1.807, 2.05) is 27.2 Å². The molecule has 384 valence electrons. The topological polar surface area (TPSA) is 105 Å². The van der Waals surface area contributed by atoms with E-state index in [1.165, 1.54) is 141 Å². The summed E-state index contributed by atoms with van der Waals surface area (Å²) >= 11 is 0. The molecule has 0 aromatic carbocycles. The summed E-state index contributed by atoms with van der Waals surface area (Å²) in [5.41, 5.74) is 0. The minimum absolute atomic E-state index is 0.0514. The second-order valence-corrected chi connectivity index (χ2v) is 21.0. The Bertz CT molecular complexity index is 1300. The minimum Gasteiger partial charge on any atom is -0.387 e. The van der Waals surface area contributed by atoms with Gasteiger partial charge in [0.1, 0.15) is 13.2 Å². The summed E-state index contributed by atoms with van der Waals surface area (Å²) in [6.45, 7) is 4.69. The third-order valence-electron chi connectivity index (χ3n) is 11.9. The monoisotopic (exact) mass is 946 g/mol. The van der Waals surface area contributed by atoms with Crippen LogP contribution in [0.25, 0.3) is 0 Å². The van der Waals surface area contributed by atoms with Gasteiger partial charge in [-0.25, -0.2) is 4.57 Å². The van der Waals surface area contributed by atoms with Crippen LogP contribution in [0.4, 0.5) is 0 Å². The van der Waals surface area contributed by atoms with Crippen LogP contribution in [0.1, 0.15) is 232 Å². The number of likely N-dealkylation sites (N-methyl/N-ethyl adjacent to an activating group) is 1. The van der Waals surface area contributed by atoms with E-state index >= 15 is 0 Å². The summed E-state index contributed by atoms with van der Waals surface area (Å²) in [5.74, 6) is -0.196. The molecule has 0 fully saturated rings. The Morgan fingerprint density at radius 2 is 0.924 bits per heavy atom. The molecule has 0 heterocycles. The molecule has 3 N–H and O–H groups in total. The second-order valence-electron chi connectivity index (χ2n) is 19.6. The van der Waals surface area contributed by atoms with E-state index in [1.54, 1.807) is 6.08 Å². The van der Waals surface area contributed by atoms with E-state index in [9.17, 15) is 19.4 Å². The Kier molecular flexibility index (Phi) is 46.5. The fraction of sp³-hybridized carbons (Fsp3) is 0.772. The summed E-state index contributed by atoms with van der Waals surface area (Å²) in [5, 5.41) is 13.9. The van der Waals surface area contributed by atoms with Gasteiger partial charge in [0.25, 0.3) is 0 Å². The van der Waals surface area contributed by atoms with Gasteiger partial charge in [0, 0.05) is 6.42 Å². The molecule has 0 rings (SSSR count). The van der Waals surface area contributed by atoms with Gasteiger partial charge in [0.05, 0.1) is 39.9 Å². The van der Waals surface area contributed by atoms with Gasteiger partial charge >= 0.3 is 7.82 Å². The zero-order chi connectivity index (χ0) is 48.5. The Morgan fingerprint density at radius 1 is 0.530 bits per heavy atom. The molecule has 0 radical (unpaired) electrons. The molecule has 0 aromatic rings. The van der Waals surface area contributed by atoms with Crippen LogP contribution < -0.4 is 5.32 Å². The molecule has 0 aliphatic heterocycles. The third kappa shape index (κ3) is 49.8. The maximum Gasteiger partial charge on any atom is 0.472 e. The Hall–Kier alpha value is -2.06. The van der Waals surface area contributed by atoms with Gasteiger partial charge in [-0.3, -0.25) is 13.8 Å². The van der Waals surface area contributed by atoms with E-state index in [4.69, 9.17) is 9.05 Å². The summed E-state index contributed by atoms with van der Waals surface area (Å²) in [4.78, 5) is 23.3. The molecule has 8 nitrogen and oxygen atoms in total. The van der Waals surface area contributed by atoms with Crippen molar-refractivity contribution in [2.24, 2.45) is 0 Å². The number of rotatable bonds is 49. The number of carbonyl (C=O) groups is 1. The lowest BCUT2D eigenvalue weighted by Crippen LogP contribution is -2.45. The molecule has 3 atom stereocenters. The number of nitrogens with zero attached hydrogens (tertiary/aromatic N) is 1. The van der Waals surface area contributed by atoms with Crippen LogP contribution in [0.3, 0.4) is 0 Å². The Morgan fingerprint density at radius 3 is 1.39 bits per heavy atom. The predicted octanol–water partition coefficient (Wildman–Crippen LogP) is 16.3. The first-order chi connectivity index (χ1) is 32.0. The zero-order valence-corrected chi connectivity index (χ0v) is 44.6. The number of phosphoric acid groups is 1. The van der Waals surface area contributed by atoms with E-state index < -0.39 is 20.0 Å². The number of aliphatic hydroxyl groups is 1. The molecule has 0 saturated carbocycles. The highest BCUT2D eigenvalue weighted by molar-refractivity contribution is 7.47. The first kappa shape index (κ1) is 63.9. The lowest BCUT2D eigenvalue weighted by molar-refractivity contribution is -0.870. The predicted molar refractivity (Wildman–Crippen MR) is 286 cm³/mol. The zero-order valence-electron chi connectivity index (χ0n) is 43.7. The average Bonchev–Trinajstić information content (AvgIpc) is 3.28. The van der Waals surface area contributed by atoms with Gasteiger partial charge in [-0.2, -0.15) is 0 Å². The number of hydrogen-bond acceptors (Lipinski definition) is 5. The van der Waals surface area contributed by atoms with Crippen LogP contribution in [0, 0.1) is 0 Å². The van der Waals surface area contributed by atoms with Gasteiger partial charge in [-0.05, 0) is 70.6 Å². The van der Waals surface area contributed by atoms with Gasteiger partial charge in [-0.1, -0.05) is 228 Å². The maximum atomic E-state index is 13.0. The number of phosphoric ester groups is 1. The van der Waals surface area contributed by atoms with E-state index in [0.29, 0.717) is 17.4 Å². The average molecular weight is 946 g/mol. The van der Waals surface area contributed by atoms with Crippen LogP contribution in [0.15, 0.2) is 72.9 Å².